The summed E-state index contributed by atoms with van der Waals surface area (Å²) in [5.41, 5.74) is 1.73. The Bertz CT molecular complexity index is 547. The van der Waals surface area contributed by atoms with Crippen LogP contribution in [0.4, 0.5) is 0 Å². The summed E-state index contributed by atoms with van der Waals surface area (Å²) < 4.78 is 0.469. The van der Waals surface area contributed by atoms with Crippen molar-refractivity contribution in [3.05, 3.63) is 39.9 Å². The lowest BCUT2D eigenvalue weighted by Crippen LogP contribution is -2.39. The average molecular weight is 322 g/mol. The molecule has 0 N–H and O–H groups in total. The first-order chi connectivity index (χ1) is 9.10. The summed E-state index contributed by atoms with van der Waals surface area (Å²) in [5, 5.41) is 0. The van der Waals surface area contributed by atoms with E-state index < -0.39 is 5.92 Å². The Kier molecular flexibility index (Phi) is 4.20. The van der Waals surface area contributed by atoms with Gasteiger partial charge in [-0.15, -0.1) is 0 Å². The largest absolute Gasteiger partial charge is 0.342 e. The number of ketones is 1. The maximum absolute atomic E-state index is 12.5. The van der Waals surface area contributed by atoms with E-state index in [1.54, 1.807) is 11.0 Å². The van der Waals surface area contributed by atoms with Gasteiger partial charge in [-0.05, 0) is 47.0 Å². The van der Waals surface area contributed by atoms with E-state index in [-0.39, 0.29) is 11.7 Å². The second-order valence-corrected chi connectivity index (χ2v) is 5.28. The zero-order chi connectivity index (χ0) is 14.0. The molecule has 0 spiro atoms. The van der Waals surface area contributed by atoms with Crippen LogP contribution < -0.4 is 0 Å². The molecule has 1 aliphatic carbocycles. The van der Waals surface area contributed by atoms with Crippen LogP contribution in [0, 0.1) is 0 Å². The molecule has 0 bridgehead atoms. The molecule has 1 amide bonds. The number of Topliss-reactive ketones (excluding diaryl/α,β-unsaturated/α-hetero) is 1. The zero-order valence-corrected chi connectivity index (χ0v) is 12.6. The number of carbonyl (C=O) groups is 2. The van der Waals surface area contributed by atoms with Gasteiger partial charge in [0.15, 0.2) is 5.78 Å². The Balaban J connectivity index is 2.48. The highest BCUT2D eigenvalue weighted by molar-refractivity contribution is 9.12. The molecule has 0 radical (unpaired) electrons. The first kappa shape index (κ1) is 14.0. The van der Waals surface area contributed by atoms with Gasteiger partial charge in [-0.2, -0.15) is 0 Å². The van der Waals surface area contributed by atoms with E-state index in [1.165, 1.54) is 0 Å². The van der Waals surface area contributed by atoms with Gasteiger partial charge in [0.25, 0.3) is 0 Å². The third kappa shape index (κ3) is 2.50. The summed E-state index contributed by atoms with van der Waals surface area (Å²) in [6.45, 7) is 5.07. The molecular formula is C15H16BrNO2. The molecule has 1 unspecified atom stereocenters. The minimum atomic E-state index is -0.713. The van der Waals surface area contributed by atoms with Gasteiger partial charge in [-0.3, -0.25) is 9.59 Å². The quantitative estimate of drug-likeness (QED) is 0.803. The smallest absolute Gasteiger partial charge is 0.238 e. The highest BCUT2D eigenvalue weighted by atomic mass is 79.9. The number of likely N-dealkylation sites (N-methyl/N-ethyl adjacent to an activating group) is 1. The summed E-state index contributed by atoms with van der Waals surface area (Å²) in [6, 6.07) is 7.55. The van der Waals surface area contributed by atoms with Crippen molar-refractivity contribution < 1.29 is 9.59 Å². The third-order valence-electron chi connectivity index (χ3n) is 3.41. The Morgan fingerprint density at radius 3 is 2.53 bits per heavy atom. The third-order valence-corrected chi connectivity index (χ3v) is 4.03. The molecule has 0 heterocycles. The molecule has 2 rings (SSSR count). The Morgan fingerprint density at radius 2 is 1.89 bits per heavy atom. The normalized spacial score (nSPS) is 17.7. The van der Waals surface area contributed by atoms with Crippen molar-refractivity contribution in [1.29, 1.82) is 0 Å². The molecule has 1 aromatic carbocycles. The van der Waals surface area contributed by atoms with Crippen molar-refractivity contribution in [3.63, 3.8) is 0 Å². The van der Waals surface area contributed by atoms with E-state index in [9.17, 15) is 9.59 Å². The fourth-order valence-corrected chi connectivity index (χ4v) is 2.83. The lowest BCUT2D eigenvalue weighted by Gasteiger charge is -2.27. The Morgan fingerprint density at radius 1 is 1.26 bits per heavy atom. The molecule has 1 atom stereocenters. The number of benzene rings is 1. The molecule has 0 aromatic heterocycles. The van der Waals surface area contributed by atoms with Gasteiger partial charge in [-0.25, -0.2) is 0 Å². The fourth-order valence-electron chi connectivity index (χ4n) is 2.36. The van der Waals surface area contributed by atoms with Crippen LogP contribution in [0.2, 0.25) is 0 Å². The fraction of sp³-hybridized carbons (Fsp3) is 0.333. The van der Waals surface area contributed by atoms with E-state index in [0.29, 0.717) is 17.6 Å². The van der Waals surface area contributed by atoms with Gasteiger partial charge in [0.1, 0.15) is 5.92 Å². The summed E-state index contributed by atoms with van der Waals surface area (Å²) in [5.74, 6) is -0.987. The van der Waals surface area contributed by atoms with Crippen molar-refractivity contribution >= 4 is 33.7 Å². The van der Waals surface area contributed by atoms with Gasteiger partial charge in [0, 0.05) is 13.1 Å². The number of fused-ring (bicyclic) bond motifs is 1. The predicted molar refractivity (Wildman–Crippen MR) is 79.0 cm³/mol. The zero-order valence-electron chi connectivity index (χ0n) is 11.0. The number of amides is 1. The Hall–Kier alpha value is -1.42. The van der Waals surface area contributed by atoms with Crippen LogP contribution in [-0.2, 0) is 9.59 Å². The van der Waals surface area contributed by atoms with Crippen molar-refractivity contribution in [2.75, 3.05) is 13.1 Å². The van der Waals surface area contributed by atoms with Crippen molar-refractivity contribution in [1.82, 2.24) is 4.90 Å². The number of nitrogens with zero attached hydrogens (tertiary/aromatic N) is 1. The minimum Gasteiger partial charge on any atom is -0.342 e. The van der Waals surface area contributed by atoms with Crippen LogP contribution >= 0.6 is 15.9 Å². The molecule has 0 saturated heterocycles. The first-order valence-electron chi connectivity index (χ1n) is 6.39. The van der Waals surface area contributed by atoms with Crippen LogP contribution in [0.5, 0.6) is 0 Å². The summed E-state index contributed by atoms with van der Waals surface area (Å²) in [6.07, 6.45) is 1.78. The van der Waals surface area contributed by atoms with Crippen molar-refractivity contribution in [2.24, 2.45) is 0 Å². The second-order valence-electron chi connectivity index (χ2n) is 4.43. The van der Waals surface area contributed by atoms with Gasteiger partial charge in [-0.1, -0.05) is 24.3 Å². The summed E-state index contributed by atoms with van der Waals surface area (Å²) in [7, 11) is 0. The van der Waals surface area contributed by atoms with E-state index in [4.69, 9.17) is 0 Å². The number of allylic oxidation sites excluding steroid dienone is 1. The SMILES string of the molecule is CCN(CC)C(=O)C1C(=O)C(Br)=Cc2ccccc21. The maximum Gasteiger partial charge on any atom is 0.238 e. The maximum atomic E-state index is 12.5. The molecule has 0 aliphatic heterocycles. The van der Waals surface area contributed by atoms with Crippen LogP contribution in [0.25, 0.3) is 6.08 Å². The van der Waals surface area contributed by atoms with Crippen LogP contribution in [-0.4, -0.2) is 29.7 Å². The second kappa shape index (κ2) is 5.70. The van der Waals surface area contributed by atoms with Crippen LogP contribution in [0.1, 0.15) is 30.9 Å². The number of halogens is 1. The molecule has 1 aliphatic rings. The molecule has 4 heteroatoms. The Labute approximate surface area is 121 Å². The van der Waals surface area contributed by atoms with Gasteiger partial charge in [0.05, 0.1) is 4.48 Å². The first-order valence-corrected chi connectivity index (χ1v) is 7.18. The van der Waals surface area contributed by atoms with E-state index in [1.807, 2.05) is 38.1 Å². The van der Waals surface area contributed by atoms with E-state index in [0.717, 1.165) is 11.1 Å². The number of hydrogen-bond acceptors (Lipinski definition) is 2. The standard InChI is InChI=1S/C15H16BrNO2/c1-3-17(4-2)15(19)13-11-8-6-5-7-10(11)9-12(16)14(13)18/h5-9,13H,3-4H2,1-2H3. The van der Waals surface area contributed by atoms with E-state index in [2.05, 4.69) is 15.9 Å². The predicted octanol–water partition coefficient (Wildman–Crippen LogP) is 2.96. The minimum absolute atomic E-state index is 0.118. The summed E-state index contributed by atoms with van der Waals surface area (Å²) in [4.78, 5) is 26.5. The molecular weight excluding hydrogens is 306 g/mol. The highest BCUT2D eigenvalue weighted by Gasteiger charge is 2.36. The monoisotopic (exact) mass is 321 g/mol. The molecule has 3 nitrogen and oxygen atoms in total. The topological polar surface area (TPSA) is 37.4 Å². The summed E-state index contributed by atoms with van der Waals surface area (Å²) >= 11 is 3.27. The van der Waals surface area contributed by atoms with Gasteiger partial charge >= 0.3 is 0 Å². The van der Waals surface area contributed by atoms with E-state index >= 15 is 0 Å². The molecule has 100 valence electrons. The van der Waals surface area contributed by atoms with Crippen molar-refractivity contribution in [2.45, 2.75) is 19.8 Å². The molecule has 1 aromatic rings. The average Bonchev–Trinajstić information content (AvgIpc) is 2.41. The molecule has 0 saturated carbocycles. The molecule has 0 fully saturated rings. The van der Waals surface area contributed by atoms with Gasteiger partial charge < -0.3 is 4.90 Å². The van der Waals surface area contributed by atoms with Gasteiger partial charge in [0.2, 0.25) is 5.91 Å². The number of carbonyl (C=O) groups excluding carboxylic acids is 2. The lowest BCUT2D eigenvalue weighted by atomic mass is 9.85. The van der Waals surface area contributed by atoms with Crippen LogP contribution in [0.3, 0.4) is 0 Å². The van der Waals surface area contributed by atoms with Crippen molar-refractivity contribution in [3.8, 4) is 0 Å². The van der Waals surface area contributed by atoms with Crippen LogP contribution in [0.15, 0.2) is 28.7 Å². The number of rotatable bonds is 3. The number of hydrogen-bond donors (Lipinski definition) is 0. The highest BCUT2D eigenvalue weighted by Crippen LogP contribution is 2.34. The molecule has 19 heavy (non-hydrogen) atoms. The lowest BCUT2D eigenvalue weighted by molar-refractivity contribution is -0.136.